The van der Waals surface area contributed by atoms with Crippen LogP contribution in [0.2, 0.25) is 0 Å². The fraction of sp³-hybridized carbons (Fsp3) is 0.429. The van der Waals surface area contributed by atoms with Crippen LogP contribution in [0.5, 0.6) is 0 Å². The van der Waals surface area contributed by atoms with Gasteiger partial charge in [0.25, 0.3) is 0 Å². The summed E-state index contributed by atoms with van der Waals surface area (Å²) in [4.78, 5) is 31.5. The number of nitrogens with one attached hydrogen (secondary N) is 2. The minimum atomic E-state index is 0.0624. The van der Waals surface area contributed by atoms with Crippen molar-refractivity contribution in [2.75, 3.05) is 38.0 Å². The molecule has 8 heteroatoms. The molecule has 7 heterocycles. The molecule has 8 rings (SSSR count). The Morgan fingerprint density at radius 3 is 2.56 bits per heavy atom. The number of benzene rings is 1. The Kier molecular flexibility index (Phi) is 7.53. The monoisotopic (exact) mass is 485 g/mol. The summed E-state index contributed by atoms with van der Waals surface area (Å²) in [5, 5.41) is 6.65. The fourth-order valence-corrected chi connectivity index (χ4v) is 5.01. The quantitative estimate of drug-likeness (QED) is 0.575. The van der Waals surface area contributed by atoms with E-state index in [2.05, 4.69) is 57.5 Å². The van der Waals surface area contributed by atoms with Gasteiger partial charge in [-0.25, -0.2) is 9.97 Å². The van der Waals surface area contributed by atoms with Crippen LogP contribution >= 0.6 is 0 Å². The first-order chi connectivity index (χ1) is 17.5. The Balaban J connectivity index is 1.43. The molecule has 1 saturated heterocycles. The first kappa shape index (κ1) is 24.3. The summed E-state index contributed by atoms with van der Waals surface area (Å²) in [5.74, 6) is 1.15. The molecule has 1 aromatic carbocycles. The second kappa shape index (κ2) is 11.1. The standard InChI is InChI=1S/C28H35N7O/c1-20(2)14-25-16-23-7-6-22(17-30-23)26-8-9-29-28(33-26)32-24-5-3-4-21(15-24)18-34-10-12-35(13-11-34)19-27(36)31-25/h3-9,15,17,20,25H,10-14,16,18-19H2,1-2H3,(H,31,36)(H,29,32,33). The number of hydrogen-bond acceptors (Lipinski definition) is 7. The highest BCUT2D eigenvalue weighted by Gasteiger charge is 2.22. The van der Waals surface area contributed by atoms with Gasteiger partial charge in [0.2, 0.25) is 11.9 Å². The van der Waals surface area contributed by atoms with Crippen molar-refractivity contribution >= 4 is 17.5 Å². The molecule has 0 spiro atoms. The third-order valence-electron chi connectivity index (χ3n) is 6.77. The average Bonchev–Trinajstić information content (AvgIpc) is 2.85. The van der Waals surface area contributed by atoms with E-state index in [4.69, 9.17) is 9.97 Å². The number of aromatic nitrogens is 3. The van der Waals surface area contributed by atoms with Crippen LogP contribution in [0, 0.1) is 5.92 Å². The van der Waals surface area contributed by atoms with E-state index in [1.54, 1.807) is 6.20 Å². The SMILES string of the molecule is CC(C)CC1Cc2ccc(cn2)-c2ccnc(n2)Nc2cccc(c2)CN2CCN(CC2)CC(=O)N1. The average molecular weight is 486 g/mol. The predicted octanol–water partition coefficient (Wildman–Crippen LogP) is 3.49. The third kappa shape index (κ3) is 6.44. The van der Waals surface area contributed by atoms with Crippen LogP contribution in [0.15, 0.2) is 54.9 Å². The molecular weight excluding hydrogens is 450 g/mol. The zero-order valence-electron chi connectivity index (χ0n) is 21.2. The molecule has 2 aromatic heterocycles. The summed E-state index contributed by atoms with van der Waals surface area (Å²) >= 11 is 0. The molecule has 1 fully saturated rings. The van der Waals surface area contributed by atoms with Gasteiger partial charge in [0.1, 0.15) is 0 Å². The van der Waals surface area contributed by atoms with E-state index in [-0.39, 0.29) is 11.9 Å². The van der Waals surface area contributed by atoms with Crippen LogP contribution < -0.4 is 10.6 Å². The van der Waals surface area contributed by atoms with Crippen LogP contribution in [0.25, 0.3) is 11.3 Å². The lowest BCUT2D eigenvalue weighted by atomic mass is 9.99. The fourth-order valence-electron chi connectivity index (χ4n) is 5.01. The second-order valence-electron chi connectivity index (χ2n) is 10.3. The minimum absolute atomic E-state index is 0.0624. The first-order valence-corrected chi connectivity index (χ1v) is 12.9. The lowest BCUT2D eigenvalue weighted by molar-refractivity contribution is -0.123. The van der Waals surface area contributed by atoms with Gasteiger partial charge in [-0.05, 0) is 48.2 Å². The molecule has 1 unspecified atom stereocenters. The van der Waals surface area contributed by atoms with Gasteiger partial charge in [-0.3, -0.25) is 19.6 Å². The van der Waals surface area contributed by atoms with Crippen molar-refractivity contribution in [3.63, 3.8) is 0 Å². The molecule has 2 N–H and O–H groups in total. The van der Waals surface area contributed by atoms with Crippen LogP contribution in [0.3, 0.4) is 0 Å². The molecule has 1 amide bonds. The highest BCUT2D eigenvalue weighted by molar-refractivity contribution is 5.78. The maximum Gasteiger partial charge on any atom is 0.234 e. The first-order valence-electron chi connectivity index (χ1n) is 12.9. The van der Waals surface area contributed by atoms with Crippen LogP contribution in [-0.4, -0.2) is 69.4 Å². The Morgan fingerprint density at radius 2 is 1.81 bits per heavy atom. The van der Waals surface area contributed by atoms with E-state index in [0.717, 1.165) is 61.8 Å². The van der Waals surface area contributed by atoms with Gasteiger partial charge in [-0.1, -0.05) is 26.0 Å². The van der Waals surface area contributed by atoms with Gasteiger partial charge < -0.3 is 10.6 Å². The maximum absolute atomic E-state index is 12.9. The number of hydrogen-bond donors (Lipinski definition) is 2. The molecule has 0 radical (unpaired) electrons. The van der Waals surface area contributed by atoms with Gasteiger partial charge in [0, 0.05) is 74.5 Å². The third-order valence-corrected chi connectivity index (χ3v) is 6.77. The van der Waals surface area contributed by atoms with E-state index in [1.165, 1.54) is 5.56 Å². The zero-order chi connectivity index (χ0) is 24.9. The minimum Gasteiger partial charge on any atom is -0.352 e. The molecule has 5 aliphatic rings. The van der Waals surface area contributed by atoms with Crippen molar-refractivity contribution in [3.05, 3.63) is 66.1 Å². The molecule has 0 saturated carbocycles. The molecule has 36 heavy (non-hydrogen) atoms. The zero-order valence-corrected chi connectivity index (χ0v) is 21.2. The number of piperazine rings is 1. The molecule has 1 atom stereocenters. The van der Waals surface area contributed by atoms with E-state index >= 15 is 0 Å². The highest BCUT2D eigenvalue weighted by Crippen LogP contribution is 2.21. The van der Waals surface area contributed by atoms with Gasteiger partial charge in [0.15, 0.2) is 0 Å². The number of pyridine rings is 1. The van der Waals surface area contributed by atoms with Crippen molar-refractivity contribution in [2.24, 2.45) is 5.92 Å². The van der Waals surface area contributed by atoms with Crippen LogP contribution in [0.1, 0.15) is 31.5 Å². The molecule has 8 bridgehead atoms. The predicted molar refractivity (Wildman–Crippen MR) is 142 cm³/mol. The summed E-state index contributed by atoms with van der Waals surface area (Å²) < 4.78 is 0. The Hall–Kier alpha value is -3.36. The second-order valence-corrected chi connectivity index (χ2v) is 10.3. The van der Waals surface area contributed by atoms with Gasteiger partial charge >= 0.3 is 0 Å². The van der Waals surface area contributed by atoms with Crippen molar-refractivity contribution in [3.8, 4) is 11.3 Å². The molecule has 188 valence electrons. The number of anilines is 2. The summed E-state index contributed by atoms with van der Waals surface area (Å²) in [5.41, 5.74) is 4.93. The number of carbonyl (C=O) groups is 1. The number of carbonyl (C=O) groups excluding carboxylic acids is 1. The lowest BCUT2D eigenvalue weighted by Crippen LogP contribution is -2.50. The smallest absolute Gasteiger partial charge is 0.234 e. The van der Waals surface area contributed by atoms with Gasteiger partial charge in [-0.15, -0.1) is 0 Å². The van der Waals surface area contributed by atoms with Crippen molar-refractivity contribution in [1.29, 1.82) is 0 Å². The van der Waals surface area contributed by atoms with Gasteiger partial charge in [0.05, 0.1) is 12.2 Å². The van der Waals surface area contributed by atoms with Crippen molar-refractivity contribution in [1.82, 2.24) is 30.1 Å². The topological polar surface area (TPSA) is 86.3 Å². The van der Waals surface area contributed by atoms with E-state index < -0.39 is 0 Å². The highest BCUT2D eigenvalue weighted by atomic mass is 16.2. The molecule has 3 aromatic rings. The number of nitrogens with zero attached hydrogens (tertiary/aromatic N) is 5. The molecule has 5 aliphatic heterocycles. The van der Waals surface area contributed by atoms with Crippen LogP contribution in [-0.2, 0) is 17.8 Å². The molecular formula is C28H35N7O. The van der Waals surface area contributed by atoms with E-state index in [1.807, 2.05) is 30.5 Å². The van der Waals surface area contributed by atoms with Crippen molar-refractivity contribution in [2.45, 2.75) is 39.3 Å². The Labute approximate surface area is 213 Å². The summed E-state index contributed by atoms with van der Waals surface area (Å²) in [7, 11) is 0. The molecule has 0 aliphatic carbocycles. The number of amides is 1. The lowest BCUT2D eigenvalue weighted by Gasteiger charge is -2.34. The van der Waals surface area contributed by atoms with Gasteiger partial charge in [-0.2, -0.15) is 0 Å². The Morgan fingerprint density at radius 1 is 1.00 bits per heavy atom. The molecule has 8 nitrogen and oxygen atoms in total. The van der Waals surface area contributed by atoms with E-state index in [9.17, 15) is 4.79 Å². The summed E-state index contributed by atoms with van der Waals surface area (Å²) in [6.07, 6.45) is 5.26. The van der Waals surface area contributed by atoms with Crippen molar-refractivity contribution < 1.29 is 4.79 Å². The van der Waals surface area contributed by atoms with Crippen LogP contribution in [0.4, 0.5) is 11.6 Å². The number of rotatable bonds is 2. The normalized spacial score (nSPS) is 22.5. The Bertz CT molecular complexity index is 1170. The largest absolute Gasteiger partial charge is 0.352 e. The van der Waals surface area contributed by atoms with E-state index in [0.29, 0.717) is 24.8 Å². The summed E-state index contributed by atoms with van der Waals surface area (Å²) in [6.45, 7) is 9.39. The summed E-state index contributed by atoms with van der Waals surface area (Å²) in [6, 6.07) is 14.5. The maximum atomic E-state index is 12.9.